The van der Waals surface area contributed by atoms with E-state index in [1.54, 1.807) is 0 Å². The maximum Gasteiger partial charge on any atom is 0.415 e. The Morgan fingerprint density at radius 3 is 2.56 bits per heavy atom. The number of hydrogen-bond donors (Lipinski definition) is 3. The minimum atomic E-state index is -4.66. The van der Waals surface area contributed by atoms with Crippen molar-refractivity contribution < 1.29 is 27.8 Å². The van der Waals surface area contributed by atoms with Gasteiger partial charge >= 0.3 is 6.18 Å². The second-order valence-corrected chi connectivity index (χ2v) is 4.14. The smallest absolute Gasteiger partial charge is 0.382 e. The fourth-order valence-electron chi connectivity index (χ4n) is 1.56. The molecule has 0 spiro atoms. The number of amides is 1. The van der Waals surface area contributed by atoms with Gasteiger partial charge in [0, 0.05) is 25.8 Å². The van der Waals surface area contributed by atoms with E-state index in [0.717, 1.165) is 0 Å². The van der Waals surface area contributed by atoms with E-state index < -0.39 is 18.8 Å². The van der Waals surface area contributed by atoms with E-state index in [2.05, 4.69) is 10.6 Å². The second-order valence-electron chi connectivity index (χ2n) is 4.14. The highest BCUT2D eigenvalue weighted by molar-refractivity contribution is 5.78. The van der Waals surface area contributed by atoms with Crippen LogP contribution in [-0.2, 0) is 9.53 Å². The van der Waals surface area contributed by atoms with Gasteiger partial charge in [-0.2, -0.15) is 13.2 Å². The molecule has 0 saturated carbocycles. The molecule has 3 N–H and O–H groups in total. The summed E-state index contributed by atoms with van der Waals surface area (Å²) in [6.07, 6.45) is -5.70. The van der Waals surface area contributed by atoms with E-state index in [-0.39, 0.29) is 18.5 Å². The molecule has 0 aliphatic carbocycles. The van der Waals surface area contributed by atoms with E-state index in [1.807, 2.05) is 0 Å². The van der Waals surface area contributed by atoms with Gasteiger partial charge in [0.15, 0.2) is 6.10 Å². The minimum absolute atomic E-state index is 0.0144. The lowest BCUT2D eigenvalue weighted by Crippen LogP contribution is -2.45. The zero-order valence-corrected chi connectivity index (χ0v) is 9.79. The molecule has 1 aliphatic rings. The van der Waals surface area contributed by atoms with E-state index in [9.17, 15) is 18.0 Å². The lowest BCUT2D eigenvalue weighted by Gasteiger charge is -2.23. The molecule has 8 heteroatoms. The molecule has 1 rings (SSSR count). The van der Waals surface area contributed by atoms with Crippen molar-refractivity contribution in [3.8, 4) is 0 Å². The van der Waals surface area contributed by atoms with Crippen LogP contribution in [0, 0.1) is 0 Å². The highest BCUT2D eigenvalue weighted by Gasteiger charge is 2.37. The van der Waals surface area contributed by atoms with Crippen LogP contribution < -0.4 is 10.6 Å². The van der Waals surface area contributed by atoms with Crippen LogP contribution in [0.3, 0.4) is 0 Å². The SMILES string of the molecule is O=C(CNCC(O)C(F)(F)F)NC1CCOCC1. The molecule has 1 fully saturated rings. The second kappa shape index (κ2) is 6.91. The number of aliphatic hydroxyl groups excluding tert-OH is 1. The summed E-state index contributed by atoms with van der Waals surface area (Å²) in [6.45, 7) is 0.214. The zero-order valence-electron chi connectivity index (χ0n) is 9.79. The fraction of sp³-hybridized carbons (Fsp3) is 0.900. The summed E-state index contributed by atoms with van der Waals surface area (Å²) < 4.78 is 40.9. The van der Waals surface area contributed by atoms with Gasteiger partial charge in [0.05, 0.1) is 6.54 Å². The fourth-order valence-corrected chi connectivity index (χ4v) is 1.56. The van der Waals surface area contributed by atoms with E-state index in [1.165, 1.54) is 0 Å². The van der Waals surface area contributed by atoms with Crippen molar-refractivity contribution in [1.82, 2.24) is 10.6 Å². The Kier molecular flexibility index (Phi) is 5.83. The third-order valence-corrected chi connectivity index (χ3v) is 2.59. The van der Waals surface area contributed by atoms with Crippen molar-refractivity contribution >= 4 is 5.91 Å². The van der Waals surface area contributed by atoms with Gasteiger partial charge in [-0.15, -0.1) is 0 Å². The van der Waals surface area contributed by atoms with Gasteiger partial charge in [0.2, 0.25) is 5.91 Å². The van der Waals surface area contributed by atoms with Gasteiger partial charge in [-0.3, -0.25) is 4.79 Å². The summed E-state index contributed by atoms with van der Waals surface area (Å²) in [5.41, 5.74) is 0. The number of hydrogen-bond acceptors (Lipinski definition) is 4. The number of carbonyl (C=O) groups is 1. The summed E-state index contributed by atoms with van der Waals surface area (Å²) >= 11 is 0. The number of halogens is 3. The van der Waals surface area contributed by atoms with Crippen molar-refractivity contribution in [1.29, 1.82) is 0 Å². The zero-order chi connectivity index (χ0) is 13.6. The molecule has 1 aliphatic heterocycles. The Labute approximate surface area is 103 Å². The highest BCUT2D eigenvalue weighted by Crippen LogP contribution is 2.18. The molecule has 1 amide bonds. The van der Waals surface area contributed by atoms with Crippen LogP contribution in [-0.4, -0.2) is 55.6 Å². The van der Waals surface area contributed by atoms with E-state index in [4.69, 9.17) is 9.84 Å². The van der Waals surface area contributed by atoms with Gasteiger partial charge in [-0.05, 0) is 12.8 Å². The summed E-state index contributed by atoms with van der Waals surface area (Å²) in [4.78, 5) is 11.4. The molecule has 0 aromatic carbocycles. The third kappa shape index (κ3) is 5.65. The van der Waals surface area contributed by atoms with Gasteiger partial charge < -0.3 is 20.5 Å². The van der Waals surface area contributed by atoms with Gasteiger partial charge in [-0.25, -0.2) is 0 Å². The molecule has 1 heterocycles. The van der Waals surface area contributed by atoms with Crippen LogP contribution in [0.1, 0.15) is 12.8 Å². The normalized spacial score (nSPS) is 19.6. The van der Waals surface area contributed by atoms with E-state index in [0.29, 0.717) is 26.1 Å². The quantitative estimate of drug-likeness (QED) is 0.647. The molecular weight excluding hydrogens is 253 g/mol. The van der Waals surface area contributed by atoms with Crippen molar-refractivity contribution in [2.24, 2.45) is 0 Å². The summed E-state index contributed by atoms with van der Waals surface area (Å²) in [6, 6.07) is 0.0144. The lowest BCUT2D eigenvalue weighted by atomic mass is 10.1. The van der Waals surface area contributed by atoms with E-state index >= 15 is 0 Å². The van der Waals surface area contributed by atoms with Crippen LogP contribution in [0.25, 0.3) is 0 Å². The first-order valence-electron chi connectivity index (χ1n) is 5.72. The van der Waals surface area contributed by atoms with Gasteiger partial charge in [0.1, 0.15) is 0 Å². The van der Waals surface area contributed by atoms with Crippen LogP contribution >= 0.6 is 0 Å². The first kappa shape index (κ1) is 15.2. The summed E-state index contributed by atoms with van der Waals surface area (Å²) in [7, 11) is 0. The average molecular weight is 270 g/mol. The third-order valence-electron chi connectivity index (χ3n) is 2.59. The number of nitrogens with one attached hydrogen (secondary N) is 2. The maximum absolute atomic E-state index is 11.9. The molecule has 106 valence electrons. The Balaban J connectivity index is 2.13. The number of aliphatic hydroxyl groups is 1. The van der Waals surface area contributed by atoms with Crippen molar-refractivity contribution in [3.05, 3.63) is 0 Å². The van der Waals surface area contributed by atoms with Crippen LogP contribution in [0.15, 0.2) is 0 Å². The summed E-state index contributed by atoms with van der Waals surface area (Å²) in [5.74, 6) is -0.378. The highest BCUT2D eigenvalue weighted by atomic mass is 19.4. The predicted octanol–water partition coefficient (Wildman–Crippen LogP) is -0.206. The monoisotopic (exact) mass is 270 g/mol. The average Bonchev–Trinajstić information content (AvgIpc) is 2.28. The Hall–Kier alpha value is -0.860. The van der Waals surface area contributed by atoms with Gasteiger partial charge in [-0.1, -0.05) is 0 Å². The number of rotatable bonds is 5. The molecule has 18 heavy (non-hydrogen) atoms. The lowest BCUT2D eigenvalue weighted by molar-refractivity contribution is -0.201. The van der Waals surface area contributed by atoms with Crippen LogP contribution in [0.2, 0.25) is 0 Å². The first-order chi connectivity index (χ1) is 8.39. The molecular formula is C10H17F3N2O3. The van der Waals surface area contributed by atoms with Crippen LogP contribution in [0.4, 0.5) is 13.2 Å². The minimum Gasteiger partial charge on any atom is -0.382 e. The number of alkyl halides is 3. The van der Waals surface area contributed by atoms with Crippen molar-refractivity contribution in [2.45, 2.75) is 31.2 Å². The molecule has 0 bridgehead atoms. The molecule has 0 aromatic rings. The maximum atomic E-state index is 11.9. The standard InChI is InChI=1S/C10H17F3N2O3/c11-10(12,13)8(16)5-14-6-9(17)15-7-1-3-18-4-2-7/h7-8,14,16H,1-6H2,(H,15,17). The Bertz CT molecular complexity index is 268. The largest absolute Gasteiger partial charge is 0.415 e. The number of carbonyl (C=O) groups excluding carboxylic acids is 1. The predicted molar refractivity (Wildman–Crippen MR) is 56.9 cm³/mol. The van der Waals surface area contributed by atoms with Crippen molar-refractivity contribution in [3.63, 3.8) is 0 Å². The molecule has 1 atom stereocenters. The van der Waals surface area contributed by atoms with Crippen molar-refractivity contribution in [2.75, 3.05) is 26.3 Å². The molecule has 1 saturated heterocycles. The molecule has 0 radical (unpaired) electrons. The van der Waals surface area contributed by atoms with Gasteiger partial charge in [0.25, 0.3) is 0 Å². The topological polar surface area (TPSA) is 70.6 Å². The molecule has 1 unspecified atom stereocenters. The molecule has 5 nitrogen and oxygen atoms in total. The summed E-state index contributed by atoms with van der Waals surface area (Å²) in [5, 5.41) is 13.6. The molecule has 0 aromatic heterocycles. The number of ether oxygens (including phenoxy) is 1. The Morgan fingerprint density at radius 2 is 2.00 bits per heavy atom. The van der Waals surface area contributed by atoms with Crippen LogP contribution in [0.5, 0.6) is 0 Å². The Morgan fingerprint density at radius 1 is 1.39 bits per heavy atom. The first-order valence-corrected chi connectivity index (χ1v) is 5.72.